The van der Waals surface area contributed by atoms with Crippen LogP contribution < -0.4 is 10.5 Å². The molecule has 0 bridgehead atoms. The fourth-order valence-corrected chi connectivity index (χ4v) is 4.43. The van der Waals surface area contributed by atoms with Crippen molar-refractivity contribution in [3.63, 3.8) is 0 Å². The van der Waals surface area contributed by atoms with E-state index in [0.717, 1.165) is 27.5 Å². The quantitative estimate of drug-likeness (QED) is 0.713. The highest BCUT2D eigenvalue weighted by molar-refractivity contribution is 7.99. The van der Waals surface area contributed by atoms with Crippen LogP contribution >= 0.6 is 11.8 Å². The minimum atomic E-state index is 0.0376. The number of nitrogens with one attached hydrogen (secondary N) is 1. The van der Waals surface area contributed by atoms with Gasteiger partial charge in [0, 0.05) is 49.2 Å². The van der Waals surface area contributed by atoms with Gasteiger partial charge in [0.2, 0.25) is 5.56 Å². The Balaban J connectivity index is 1.34. The predicted molar refractivity (Wildman–Crippen MR) is 101 cm³/mol. The van der Waals surface area contributed by atoms with Crippen LogP contribution in [0.4, 0.5) is 5.82 Å². The normalized spacial score (nSPS) is 19.8. The molecule has 0 atom stereocenters. The summed E-state index contributed by atoms with van der Waals surface area (Å²) in [6.45, 7) is 0. The molecule has 0 spiro atoms. The van der Waals surface area contributed by atoms with Gasteiger partial charge in [0.1, 0.15) is 17.8 Å². The molecule has 0 aromatic carbocycles. The summed E-state index contributed by atoms with van der Waals surface area (Å²) in [6.07, 6.45) is 7.79. The van der Waals surface area contributed by atoms with Crippen LogP contribution in [0.3, 0.4) is 0 Å². The van der Waals surface area contributed by atoms with Crippen molar-refractivity contribution in [1.82, 2.24) is 19.5 Å². The van der Waals surface area contributed by atoms with Gasteiger partial charge in [-0.15, -0.1) is 11.8 Å². The van der Waals surface area contributed by atoms with Crippen molar-refractivity contribution >= 4 is 28.6 Å². The summed E-state index contributed by atoms with van der Waals surface area (Å²) < 4.78 is 1.64. The average Bonchev–Trinajstić information content (AvgIpc) is 3.05. The average molecular weight is 355 g/mol. The molecule has 1 aliphatic rings. The number of thioether (sulfide) groups is 1. The Kier molecular flexibility index (Phi) is 4.25. The molecule has 7 heteroatoms. The SMILES string of the molecule is Cn1cc(SC[C@H]2C[C@@H](N(C)c3ncnc4[nH]ccc34)C2)ccc1=O. The molecular weight excluding hydrogens is 334 g/mol. The van der Waals surface area contributed by atoms with E-state index in [4.69, 9.17) is 0 Å². The molecule has 1 N–H and O–H groups in total. The third kappa shape index (κ3) is 3.16. The van der Waals surface area contributed by atoms with E-state index in [-0.39, 0.29) is 5.56 Å². The lowest BCUT2D eigenvalue weighted by Gasteiger charge is -2.41. The number of hydrogen-bond acceptors (Lipinski definition) is 5. The molecular formula is C18H21N5OS. The maximum absolute atomic E-state index is 11.4. The zero-order chi connectivity index (χ0) is 17.4. The van der Waals surface area contributed by atoms with Gasteiger partial charge in [0.05, 0.1) is 5.39 Å². The van der Waals surface area contributed by atoms with Gasteiger partial charge < -0.3 is 14.5 Å². The second-order valence-electron chi connectivity index (χ2n) is 6.66. The molecule has 6 nitrogen and oxygen atoms in total. The van der Waals surface area contributed by atoms with Crippen LogP contribution in [-0.4, -0.2) is 38.4 Å². The van der Waals surface area contributed by atoms with Gasteiger partial charge in [-0.2, -0.15) is 0 Å². The van der Waals surface area contributed by atoms with Crippen molar-refractivity contribution < 1.29 is 0 Å². The largest absolute Gasteiger partial charge is 0.356 e. The van der Waals surface area contributed by atoms with Crippen LogP contribution in [0, 0.1) is 5.92 Å². The number of hydrogen-bond donors (Lipinski definition) is 1. The lowest BCUT2D eigenvalue weighted by Crippen LogP contribution is -2.43. The van der Waals surface area contributed by atoms with Crippen LogP contribution in [0.5, 0.6) is 0 Å². The fourth-order valence-electron chi connectivity index (χ4n) is 3.33. The number of fused-ring (bicyclic) bond motifs is 1. The second-order valence-corrected chi connectivity index (χ2v) is 7.76. The highest BCUT2D eigenvalue weighted by Crippen LogP contribution is 2.37. The first-order valence-corrected chi connectivity index (χ1v) is 9.41. The Morgan fingerprint density at radius 2 is 2.16 bits per heavy atom. The highest BCUT2D eigenvalue weighted by Gasteiger charge is 2.33. The van der Waals surface area contributed by atoms with Crippen molar-refractivity contribution in [2.45, 2.75) is 23.8 Å². The van der Waals surface area contributed by atoms with Gasteiger partial charge in [-0.05, 0) is 30.9 Å². The van der Waals surface area contributed by atoms with Gasteiger partial charge >= 0.3 is 0 Å². The van der Waals surface area contributed by atoms with Gasteiger partial charge in [-0.1, -0.05) is 0 Å². The summed E-state index contributed by atoms with van der Waals surface area (Å²) >= 11 is 1.83. The molecule has 1 saturated carbocycles. The number of rotatable bonds is 5. The summed E-state index contributed by atoms with van der Waals surface area (Å²) in [4.78, 5) is 26.8. The third-order valence-electron chi connectivity index (χ3n) is 4.97. The summed E-state index contributed by atoms with van der Waals surface area (Å²) in [7, 11) is 3.92. The standard InChI is InChI=1S/C18H21N5OS/c1-22-9-14(3-4-16(22)24)25-10-12-7-13(8-12)23(2)18-15-5-6-19-17(15)20-11-21-18/h3-6,9,11-13H,7-8,10H2,1-2H3,(H,19,20,21)/t12-,13+. The number of nitrogens with zero attached hydrogens (tertiary/aromatic N) is 4. The van der Waals surface area contributed by atoms with Crippen molar-refractivity contribution in [2.24, 2.45) is 13.0 Å². The van der Waals surface area contributed by atoms with Crippen molar-refractivity contribution in [1.29, 1.82) is 0 Å². The Labute approximate surface area is 150 Å². The summed E-state index contributed by atoms with van der Waals surface area (Å²) in [5, 5.41) is 1.08. The van der Waals surface area contributed by atoms with E-state index < -0.39 is 0 Å². The molecule has 3 heterocycles. The van der Waals surface area contributed by atoms with Gasteiger partial charge in [0.15, 0.2) is 0 Å². The summed E-state index contributed by atoms with van der Waals surface area (Å²) in [5.41, 5.74) is 0.925. The molecule has 0 radical (unpaired) electrons. The van der Waals surface area contributed by atoms with Crippen LogP contribution in [0.15, 0.2) is 46.6 Å². The molecule has 1 fully saturated rings. The Hall–Kier alpha value is -2.28. The molecule has 1 aliphatic carbocycles. The first-order valence-electron chi connectivity index (χ1n) is 8.42. The monoisotopic (exact) mass is 355 g/mol. The van der Waals surface area contributed by atoms with E-state index in [2.05, 4.69) is 26.9 Å². The molecule has 0 unspecified atom stereocenters. The van der Waals surface area contributed by atoms with E-state index >= 15 is 0 Å². The van der Waals surface area contributed by atoms with E-state index in [0.29, 0.717) is 12.0 Å². The van der Waals surface area contributed by atoms with Gasteiger partial charge in [-0.3, -0.25) is 4.79 Å². The summed E-state index contributed by atoms with van der Waals surface area (Å²) in [6, 6.07) is 6.11. The van der Waals surface area contributed by atoms with E-state index in [1.165, 1.54) is 12.8 Å². The molecule has 4 rings (SSSR count). The topological polar surface area (TPSA) is 66.8 Å². The first-order chi connectivity index (χ1) is 12.1. The second kappa shape index (κ2) is 6.55. The molecule has 0 aliphatic heterocycles. The zero-order valence-corrected chi connectivity index (χ0v) is 15.2. The van der Waals surface area contributed by atoms with Crippen molar-refractivity contribution in [2.75, 3.05) is 17.7 Å². The predicted octanol–water partition coefficient (Wildman–Crippen LogP) is 2.66. The smallest absolute Gasteiger partial charge is 0.250 e. The lowest BCUT2D eigenvalue weighted by atomic mass is 9.81. The fraction of sp³-hybridized carbons (Fsp3) is 0.389. The van der Waals surface area contributed by atoms with Crippen LogP contribution in [-0.2, 0) is 7.05 Å². The number of aromatic amines is 1. The number of aryl methyl sites for hydroxylation is 1. The van der Waals surface area contributed by atoms with E-state index in [9.17, 15) is 4.79 Å². The third-order valence-corrected chi connectivity index (χ3v) is 6.18. The minimum absolute atomic E-state index is 0.0376. The van der Waals surface area contributed by atoms with Crippen LogP contribution in [0.1, 0.15) is 12.8 Å². The number of H-pyrrole nitrogens is 1. The Bertz CT molecular complexity index is 944. The van der Waals surface area contributed by atoms with Crippen LogP contribution in [0.25, 0.3) is 11.0 Å². The minimum Gasteiger partial charge on any atom is -0.356 e. The highest BCUT2D eigenvalue weighted by atomic mass is 32.2. The van der Waals surface area contributed by atoms with Crippen molar-refractivity contribution in [3.8, 4) is 0 Å². The molecule has 0 amide bonds. The Morgan fingerprint density at radius 3 is 2.96 bits per heavy atom. The Morgan fingerprint density at radius 1 is 1.32 bits per heavy atom. The number of anilines is 1. The lowest BCUT2D eigenvalue weighted by molar-refractivity contribution is 0.286. The van der Waals surface area contributed by atoms with Gasteiger partial charge in [0.25, 0.3) is 0 Å². The maximum Gasteiger partial charge on any atom is 0.250 e. The molecule has 130 valence electrons. The molecule has 3 aromatic heterocycles. The zero-order valence-electron chi connectivity index (χ0n) is 14.3. The van der Waals surface area contributed by atoms with Crippen LogP contribution in [0.2, 0.25) is 0 Å². The molecule has 0 saturated heterocycles. The molecule has 3 aromatic rings. The van der Waals surface area contributed by atoms with Gasteiger partial charge in [-0.25, -0.2) is 9.97 Å². The number of pyridine rings is 1. The maximum atomic E-state index is 11.4. The van der Waals surface area contributed by atoms with E-state index in [1.807, 2.05) is 36.3 Å². The first kappa shape index (κ1) is 16.2. The number of aromatic nitrogens is 4. The summed E-state index contributed by atoms with van der Waals surface area (Å²) in [5.74, 6) is 2.80. The van der Waals surface area contributed by atoms with E-state index in [1.54, 1.807) is 24.0 Å². The molecule has 25 heavy (non-hydrogen) atoms. The van der Waals surface area contributed by atoms with Crippen molar-refractivity contribution in [3.05, 3.63) is 47.3 Å².